The summed E-state index contributed by atoms with van der Waals surface area (Å²) >= 11 is 0. The molecule has 0 atom stereocenters. The van der Waals surface area contributed by atoms with Crippen molar-refractivity contribution in [3.05, 3.63) is 71.5 Å². The fraction of sp³-hybridized carbons (Fsp3) is 0.423. The molecule has 3 rings (SSSR count). The van der Waals surface area contributed by atoms with E-state index in [1.54, 1.807) is 0 Å². The van der Waals surface area contributed by atoms with E-state index in [4.69, 9.17) is 4.74 Å². The second-order valence-corrected chi connectivity index (χ2v) is 9.06. The van der Waals surface area contributed by atoms with Crippen LogP contribution < -0.4 is 10.1 Å². The summed E-state index contributed by atoms with van der Waals surface area (Å²) < 4.78 is 7.83. The lowest BCUT2D eigenvalue weighted by atomic mass is 9.97. The number of nitrogens with zero attached hydrogens (tertiary/aromatic N) is 1. The van der Waals surface area contributed by atoms with Gasteiger partial charge >= 0.3 is 0 Å². The highest BCUT2D eigenvalue weighted by Crippen LogP contribution is 2.23. The Morgan fingerprint density at radius 3 is 2.57 bits per heavy atom. The van der Waals surface area contributed by atoms with Crippen LogP contribution in [0.3, 0.4) is 0 Å². The fourth-order valence-corrected chi connectivity index (χ4v) is 3.54. The molecule has 0 radical (unpaired) electrons. The van der Waals surface area contributed by atoms with Crippen molar-refractivity contribution in [3.8, 4) is 5.75 Å². The molecule has 30 heavy (non-hydrogen) atoms. The van der Waals surface area contributed by atoms with Gasteiger partial charge in [-0.25, -0.2) is 0 Å². The van der Waals surface area contributed by atoms with Gasteiger partial charge in [0.05, 0.1) is 5.69 Å². The first-order chi connectivity index (χ1) is 14.4. The van der Waals surface area contributed by atoms with Crippen molar-refractivity contribution in [3.63, 3.8) is 0 Å². The first-order valence-corrected chi connectivity index (χ1v) is 11.0. The number of carbonyl (C=O) groups is 1. The van der Waals surface area contributed by atoms with Gasteiger partial charge in [-0.2, -0.15) is 0 Å². The Kier molecular flexibility index (Phi) is 7.33. The largest absolute Gasteiger partial charge is 0.492 e. The maximum atomic E-state index is 13.3. The average Bonchev–Trinajstić information content (AvgIpc) is 3.09. The summed E-state index contributed by atoms with van der Waals surface area (Å²) in [5.74, 6) is 0.848. The molecule has 1 aromatic carbocycles. The molecular formula is C26H34N2O2. The number of rotatable bonds is 10. The second-order valence-electron chi connectivity index (χ2n) is 9.06. The van der Waals surface area contributed by atoms with Gasteiger partial charge in [0.15, 0.2) is 0 Å². The van der Waals surface area contributed by atoms with Crippen LogP contribution in [-0.4, -0.2) is 29.9 Å². The average molecular weight is 407 g/mol. The molecule has 0 saturated carbocycles. The molecular weight excluding hydrogens is 372 g/mol. The zero-order valence-corrected chi connectivity index (χ0v) is 18.7. The summed E-state index contributed by atoms with van der Waals surface area (Å²) in [5, 5.41) is 3.40. The molecule has 4 heteroatoms. The highest BCUT2D eigenvalue weighted by atomic mass is 16.5. The lowest BCUT2D eigenvalue weighted by molar-refractivity contribution is 0.103. The smallest absolute Gasteiger partial charge is 0.210 e. The van der Waals surface area contributed by atoms with Gasteiger partial charge in [0, 0.05) is 30.4 Å². The summed E-state index contributed by atoms with van der Waals surface area (Å²) in [7, 11) is 0. The third-order valence-electron chi connectivity index (χ3n) is 5.09. The van der Waals surface area contributed by atoms with Gasteiger partial charge in [0.2, 0.25) is 5.78 Å². The van der Waals surface area contributed by atoms with Crippen LogP contribution >= 0.6 is 0 Å². The van der Waals surface area contributed by atoms with E-state index in [2.05, 4.69) is 45.1 Å². The molecule has 0 aliphatic rings. The van der Waals surface area contributed by atoms with E-state index in [1.165, 1.54) is 0 Å². The Bertz CT molecular complexity index is 965. The summed E-state index contributed by atoms with van der Waals surface area (Å²) in [4.78, 5) is 13.3. The van der Waals surface area contributed by atoms with Crippen LogP contribution in [0.15, 0.2) is 54.7 Å². The van der Waals surface area contributed by atoms with E-state index in [0.29, 0.717) is 12.2 Å². The predicted molar refractivity (Wildman–Crippen MR) is 124 cm³/mol. The van der Waals surface area contributed by atoms with Gasteiger partial charge in [0.1, 0.15) is 12.4 Å². The number of fused-ring (bicyclic) bond motifs is 1. The Morgan fingerprint density at radius 2 is 1.87 bits per heavy atom. The third kappa shape index (κ3) is 5.73. The van der Waals surface area contributed by atoms with Crippen molar-refractivity contribution in [2.45, 2.75) is 47.0 Å². The minimum absolute atomic E-state index is 0.0608. The van der Waals surface area contributed by atoms with E-state index < -0.39 is 0 Å². The Balaban J connectivity index is 1.69. The molecule has 0 spiro atoms. The van der Waals surface area contributed by atoms with Crippen LogP contribution in [0.25, 0.3) is 5.52 Å². The lowest BCUT2D eigenvalue weighted by Crippen LogP contribution is -2.30. The number of ether oxygens (including phenoxy) is 1. The standard InChI is InChI=1S/C26H34N2O2/c1-5-6-9-21-18-22-10-7-8-16-28(22)24(21)25(29)20-11-13-23(14-12-20)30-17-15-27-19-26(2,3)4/h7-8,10-14,16,18,27H,5-6,9,15,17,19H2,1-4H3. The number of benzene rings is 1. The first kappa shape index (κ1) is 22.1. The minimum atomic E-state index is 0.0608. The van der Waals surface area contributed by atoms with E-state index in [0.717, 1.165) is 54.9 Å². The quantitative estimate of drug-likeness (QED) is 0.356. The van der Waals surface area contributed by atoms with Crippen molar-refractivity contribution in [2.24, 2.45) is 5.41 Å². The molecule has 0 bridgehead atoms. The highest BCUT2D eigenvalue weighted by molar-refractivity contribution is 6.09. The number of hydrogen-bond acceptors (Lipinski definition) is 3. The topological polar surface area (TPSA) is 42.7 Å². The number of aromatic nitrogens is 1. The van der Waals surface area contributed by atoms with Crippen LogP contribution in [0.4, 0.5) is 0 Å². The van der Waals surface area contributed by atoms with E-state index in [-0.39, 0.29) is 11.2 Å². The number of pyridine rings is 1. The van der Waals surface area contributed by atoms with Gasteiger partial charge in [0.25, 0.3) is 0 Å². The van der Waals surface area contributed by atoms with Crippen molar-refractivity contribution in [1.29, 1.82) is 0 Å². The van der Waals surface area contributed by atoms with Gasteiger partial charge in [-0.15, -0.1) is 0 Å². The van der Waals surface area contributed by atoms with E-state index >= 15 is 0 Å². The zero-order chi connectivity index (χ0) is 21.6. The van der Waals surface area contributed by atoms with E-state index in [1.807, 2.05) is 47.0 Å². The summed E-state index contributed by atoms with van der Waals surface area (Å²) in [6.07, 6.45) is 5.08. The molecule has 1 N–H and O–H groups in total. The maximum absolute atomic E-state index is 13.3. The van der Waals surface area contributed by atoms with Crippen LogP contribution in [-0.2, 0) is 6.42 Å². The fourth-order valence-electron chi connectivity index (χ4n) is 3.54. The summed E-state index contributed by atoms with van der Waals surface area (Å²) in [5.41, 5.74) is 3.92. The number of hydrogen-bond donors (Lipinski definition) is 1. The molecule has 160 valence electrons. The third-order valence-corrected chi connectivity index (χ3v) is 5.09. The number of ketones is 1. The SMILES string of the molecule is CCCCc1cc2ccccn2c1C(=O)c1ccc(OCCNCC(C)(C)C)cc1. The second kappa shape index (κ2) is 9.94. The molecule has 0 amide bonds. The number of unbranched alkanes of at least 4 members (excludes halogenated alkanes) is 1. The number of nitrogens with one attached hydrogen (secondary N) is 1. The molecule has 0 aliphatic heterocycles. The molecule has 0 unspecified atom stereocenters. The van der Waals surface area contributed by atoms with Crippen LogP contribution in [0.2, 0.25) is 0 Å². The summed E-state index contributed by atoms with van der Waals surface area (Å²) in [6, 6.07) is 15.7. The highest BCUT2D eigenvalue weighted by Gasteiger charge is 2.19. The number of carbonyl (C=O) groups excluding carboxylic acids is 1. The molecule has 0 saturated heterocycles. The Hall–Kier alpha value is -2.59. The molecule has 2 aromatic heterocycles. The first-order valence-electron chi connectivity index (χ1n) is 11.0. The lowest BCUT2D eigenvalue weighted by Gasteiger charge is -2.18. The van der Waals surface area contributed by atoms with Crippen molar-refractivity contribution in [2.75, 3.05) is 19.7 Å². The molecule has 0 aliphatic carbocycles. The van der Waals surface area contributed by atoms with E-state index in [9.17, 15) is 4.79 Å². The molecule has 2 heterocycles. The summed E-state index contributed by atoms with van der Waals surface area (Å²) in [6.45, 7) is 11.2. The van der Waals surface area contributed by atoms with Gasteiger partial charge < -0.3 is 14.5 Å². The Labute approximate surface area is 180 Å². The van der Waals surface area contributed by atoms with Crippen molar-refractivity contribution in [1.82, 2.24) is 9.72 Å². The Morgan fingerprint density at radius 1 is 1.10 bits per heavy atom. The molecule has 0 fully saturated rings. The maximum Gasteiger partial charge on any atom is 0.210 e. The normalized spacial score (nSPS) is 11.7. The zero-order valence-electron chi connectivity index (χ0n) is 18.7. The van der Waals surface area contributed by atoms with Crippen molar-refractivity contribution < 1.29 is 9.53 Å². The van der Waals surface area contributed by atoms with Crippen molar-refractivity contribution >= 4 is 11.3 Å². The van der Waals surface area contributed by atoms with Gasteiger partial charge in [-0.3, -0.25) is 4.79 Å². The van der Waals surface area contributed by atoms with Crippen LogP contribution in [0.5, 0.6) is 5.75 Å². The van der Waals surface area contributed by atoms with Gasteiger partial charge in [-0.1, -0.05) is 40.2 Å². The molecule has 3 aromatic rings. The van der Waals surface area contributed by atoms with Crippen LogP contribution in [0, 0.1) is 5.41 Å². The van der Waals surface area contributed by atoms with Gasteiger partial charge in [-0.05, 0) is 66.3 Å². The number of aryl methyl sites for hydroxylation is 1. The predicted octanol–water partition coefficient (Wildman–Crippen LogP) is 5.53. The molecule has 4 nitrogen and oxygen atoms in total. The monoisotopic (exact) mass is 406 g/mol. The minimum Gasteiger partial charge on any atom is -0.492 e. The van der Waals surface area contributed by atoms with Crippen LogP contribution in [0.1, 0.15) is 62.2 Å².